The first-order chi connectivity index (χ1) is 7.97. The Morgan fingerprint density at radius 2 is 2.29 bits per heavy atom. The van der Waals surface area contributed by atoms with Gasteiger partial charge in [0.1, 0.15) is 5.84 Å². The second kappa shape index (κ2) is 5.29. The van der Waals surface area contributed by atoms with Crippen LogP contribution >= 0.6 is 0 Å². The van der Waals surface area contributed by atoms with Gasteiger partial charge in [-0.1, -0.05) is 19.1 Å². The third-order valence-corrected chi connectivity index (χ3v) is 2.37. The van der Waals surface area contributed by atoms with E-state index >= 15 is 0 Å². The SMILES string of the molecule is CCC(Oc1c(C)cccc1[N+](=O)[O-])C(=N)N. The van der Waals surface area contributed by atoms with Gasteiger partial charge in [0.25, 0.3) is 0 Å². The largest absolute Gasteiger partial charge is 0.475 e. The summed E-state index contributed by atoms with van der Waals surface area (Å²) in [4.78, 5) is 10.3. The topological polar surface area (TPSA) is 102 Å². The molecule has 0 aliphatic heterocycles. The van der Waals surface area contributed by atoms with Crippen LogP contribution in [-0.4, -0.2) is 16.9 Å². The van der Waals surface area contributed by atoms with Crippen molar-refractivity contribution in [3.63, 3.8) is 0 Å². The summed E-state index contributed by atoms with van der Waals surface area (Å²) >= 11 is 0. The summed E-state index contributed by atoms with van der Waals surface area (Å²) in [5, 5.41) is 18.2. The number of para-hydroxylation sites is 1. The van der Waals surface area contributed by atoms with Crippen molar-refractivity contribution in [1.29, 1.82) is 5.41 Å². The fraction of sp³-hybridized carbons (Fsp3) is 0.364. The third-order valence-electron chi connectivity index (χ3n) is 2.37. The molecule has 0 spiro atoms. The normalized spacial score (nSPS) is 11.9. The zero-order valence-electron chi connectivity index (χ0n) is 9.77. The Balaban J connectivity index is 3.12. The number of nitrogens with one attached hydrogen (secondary N) is 1. The number of rotatable bonds is 5. The first-order valence-electron chi connectivity index (χ1n) is 5.22. The van der Waals surface area contributed by atoms with Gasteiger partial charge in [-0.2, -0.15) is 0 Å². The van der Waals surface area contributed by atoms with Gasteiger partial charge >= 0.3 is 5.69 Å². The molecule has 0 amide bonds. The minimum Gasteiger partial charge on any atom is -0.475 e. The predicted molar refractivity (Wildman–Crippen MR) is 64.5 cm³/mol. The first-order valence-corrected chi connectivity index (χ1v) is 5.22. The summed E-state index contributed by atoms with van der Waals surface area (Å²) in [7, 11) is 0. The van der Waals surface area contributed by atoms with E-state index in [1.165, 1.54) is 6.07 Å². The van der Waals surface area contributed by atoms with Crippen molar-refractivity contribution in [1.82, 2.24) is 0 Å². The molecular weight excluding hydrogens is 222 g/mol. The minimum absolute atomic E-state index is 0.107. The molecule has 0 aromatic heterocycles. The standard InChI is InChI=1S/C11H15N3O3/c1-3-9(11(12)13)17-10-7(2)5-4-6-8(10)14(15)16/h4-6,9H,3H2,1-2H3,(H3,12,13). The van der Waals surface area contributed by atoms with Crippen molar-refractivity contribution >= 4 is 11.5 Å². The Morgan fingerprint density at radius 3 is 2.76 bits per heavy atom. The van der Waals surface area contributed by atoms with E-state index in [1.807, 2.05) is 0 Å². The second-order valence-corrected chi connectivity index (χ2v) is 3.65. The second-order valence-electron chi connectivity index (χ2n) is 3.65. The molecule has 1 aromatic rings. The number of hydrogen-bond acceptors (Lipinski definition) is 4. The van der Waals surface area contributed by atoms with E-state index in [4.69, 9.17) is 15.9 Å². The molecule has 1 aromatic carbocycles. The molecule has 0 aliphatic carbocycles. The average Bonchev–Trinajstić information content (AvgIpc) is 2.26. The van der Waals surface area contributed by atoms with Crippen LogP contribution in [0.2, 0.25) is 0 Å². The van der Waals surface area contributed by atoms with Gasteiger partial charge < -0.3 is 10.5 Å². The third kappa shape index (κ3) is 2.93. The van der Waals surface area contributed by atoms with E-state index in [0.717, 1.165) is 0 Å². The maximum atomic E-state index is 10.9. The quantitative estimate of drug-likeness (QED) is 0.354. The summed E-state index contributed by atoms with van der Waals surface area (Å²) in [6.45, 7) is 3.52. The molecule has 0 bridgehead atoms. The minimum atomic E-state index is -0.630. The van der Waals surface area contributed by atoms with Gasteiger partial charge in [-0.25, -0.2) is 0 Å². The molecule has 0 fully saturated rings. The number of hydrogen-bond donors (Lipinski definition) is 2. The van der Waals surface area contributed by atoms with Gasteiger partial charge in [-0.3, -0.25) is 15.5 Å². The lowest BCUT2D eigenvalue weighted by Crippen LogP contribution is -2.32. The van der Waals surface area contributed by atoms with Crippen molar-refractivity contribution in [3.8, 4) is 5.75 Å². The summed E-state index contributed by atoms with van der Waals surface area (Å²) in [5.41, 5.74) is 5.90. The predicted octanol–water partition coefficient (Wildman–Crippen LogP) is 2.00. The maximum Gasteiger partial charge on any atom is 0.311 e. The fourth-order valence-corrected chi connectivity index (χ4v) is 1.44. The van der Waals surface area contributed by atoms with Crippen molar-refractivity contribution in [2.24, 2.45) is 5.73 Å². The molecule has 92 valence electrons. The first kappa shape index (κ1) is 13.0. The highest BCUT2D eigenvalue weighted by molar-refractivity contribution is 5.82. The number of benzene rings is 1. The Hall–Kier alpha value is -2.11. The van der Waals surface area contributed by atoms with Crippen LogP contribution in [0.15, 0.2) is 18.2 Å². The molecule has 0 aliphatic rings. The van der Waals surface area contributed by atoms with Crippen LogP contribution in [0.5, 0.6) is 5.75 Å². The summed E-state index contributed by atoms with van der Waals surface area (Å²) in [5.74, 6) is 0.0459. The maximum absolute atomic E-state index is 10.9. The molecule has 17 heavy (non-hydrogen) atoms. The zero-order chi connectivity index (χ0) is 13.0. The van der Waals surface area contributed by atoms with Gasteiger partial charge in [0, 0.05) is 6.07 Å². The van der Waals surface area contributed by atoms with E-state index in [1.54, 1.807) is 26.0 Å². The van der Waals surface area contributed by atoms with E-state index in [0.29, 0.717) is 12.0 Å². The number of ether oxygens (including phenoxy) is 1. The molecular formula is C11H15N3O3. The molecule has 3 N–H and O–H groups in total. The summed E-state index contributed by atoms with van der Waals surface area (Å²) < 4.78 is 5.46. The Morgan fingerprint density at radius 1 is 1.65 bits per heavy atom. The highest BCUT2D eigenvalue weighted by Crippen LogP contribution is 2.31. The molecule has 1 atom stereocenters. The lowest BCUT2D eigenvalue weighted by Gasteiger charge is -2.17. The van der Waals surface area contributed by atoms with Crippen LogP contribution in [0.1, 0.15) is 18.9 Å². The van der Waals surface area contributed by atoms with Crippen LogP contribution in [0, 0.1) is 22.4 Å². The molecule has 1 rings (SSSR count). The van der Waals surface area contributed by atoms with Crippen LogP contribution in [0.25, 0.3) is 0 Å². The van der Waals surface area contributed by atoms with Crippen molar-refractivity contribution in [3.05, 3.63) is 33.9 Å². The molecule has 0 heterocycles. The Bertz CT molecular complexity index is 446. The van der Waals surface area contributed by atoms with Crippen molar-refractivity contribution < 1.29 is 9.66 Å². The number of nitrogens with two attached hydrogens (primary N) is 1. The number of aryl methyl sites for hydroxylation is 1. The number of nitro benzene ring substituents is 1. The van der Waals surface area contributed by atoms with Gasteiger partial charge in [0.2, 0.25) is 5.75 Å². The lowest BCUT2D eigenvalue weighted by molar-refractivity contribution is -0.386. The van der Waals surface area contributed by atoms with E-state index in [2.05, 4.69) is 0 Å². The molecule has 0 radical (unpaired) electrons. The van der Waals surface area contributed by atoms with Crippen LogP contribution in [-0.2, 0) is 0 Å². The smallest absolute Gasteiger partial charge is 0.311 e. The molecule has 0 saturated heterocycles. The van der Waals surface area contributed by atoms with Crippen LogP contribution in [0.4, 0.5) is 5.69 Å². The van der Waals surface area contributed by atoms with Gasteiger partial charge in [-0.15, -0.1) is 0 Å². The van der Waals surface area contributed by atoms with Gasteiger partial charge in [-0.05, 0) is 18.9 Å². The lowest BCUT2D eigenvalue weighted by atomic mass is 10.2. The van der Waals surface area contributed by atoms with Crippen LogP contribution < -0.4 is 10.5 Å². The average molecular weight is 237 g/mol. The highest BCUT2D eigenvalue weighted by atomic mass is 16.6. The molecule has 0 saturated carbocycles. The molecule has 6 nitrogen and oxygen atoms in total. The van der Waals surface area contributed by atoms with E-state index in [9.17, 15) is 10.1 Å². The highest BCUT2D eigenvalue weighted by Gasteiger charge is 2.21. The van der Waals surface area contributed by atoms with Crippen molar-refractivity contribution in [2.45, 2.75) is 26.4 Å². The molecule has 6 heteroatoms. The fourth-order valence-electron chi connectivity index (χ4n) is 1.44. The zero-order valence-corrected chi connectivity index (χ0v) is 9.77. The van der Waals surface area contributed by atoms with E-state index in [-0.39, 0.29) is 17.3 Å². The summed E-state index contributed by atoms with van der Waals surface area (Å²) in [6, 6.07) is 4.68. The number of nitrogens with zero attached hydrogens (tertiary/aromatic N) is 1. The Kier molecular flexibility index (Phi) is 4.03. The van der Waals surface area contributed by atoms with Gasteiger partial charge in [0.15, 0.2) is 6.10 Å². The number of amidine groups is 1. The molecule has 1 unspecified atom stereocenters. The van der Waals surface area contributed by atoms with Gasteiger partial charge in [0.05, 0.1) is 4.92 Å². The number of nitro groups is 1. The Labute approximate surface area is 99.0 Å². The monoisotopic (exact) mass is 237 g/mol. The van der Waals surface area contributed by atoms with Crippen LogP contribution in [0.3, 0.4) is 0 Å². The van der Waals surface area contributed by atoms with E-state index < -0.39 is 11.0 Å². The summed E-state index contributed by atoms with van der Waals surface area (Å²) in [6.07, 6.45) is -0.143. The van der Waals surface area contributed by atoms with Crippen molar-refractivity contribution in [2.75, 3.05) is 0 Å².